The third kappa shape index (κ3) is 2.64. The van der Waals surface area contributed by atoms with E-state index in [1.807, 2.05) is 24.3 Å². The highest BCUT2D eigenvalue weighted by Gasteiger charge is 2.23. The Labute approximate surface area is 118 Å². The Morgan fingerprint density at radius 1 is 1.30 bits per heavy atom. The molecule has 2 aromatic rings. The maximum Gasteiger partial charge on any atom is 0.123 e. The molecule has 0 saturated heterocycles. The summed E-state index contributed by atoms with van der Waals surface area (Å²) >= 11 is 0. The van der Waals surface area contributed by atoms with E-state index >= 15 is 0 Å². The monoisotopic (exact) mass is 270 g/mol. The smallest absolute Gasteiger partial charge is 0.123 e. The van der Waals surface area contributed by atoms with Crippen molar-refractivity contribution in [3.05, 3.63) is 54.1 Å². The van der Waals surface area contributed by atoms with Crippen molar-refractivity contribution in [3.63, 3.8) is 0 Å². The quantitative estimate of drug-likeness (QED) is 0.912. The lowest BCUT2D eigenvalue weighted by Gasteiger charge is -2.28. The summed E-state index contributed by atoms with van der Waals surface area (Å²) in [5.41, 5.74) is 8.12. The van der Waals surface area contributed by atoms with Crippen molar-refractivity contribution in [1.82, 2.24) is 14.9 Å². The molecule has 2 heterocycles. The van der Waals surface area contributed by atoms with Gasteiger partial charge in [0.25, 0.3) is 0 Å². The van der Waals surface area contributed by atoms with Crippen LogP contribution in [0.4, 0.5) is 0 Å². The van der Waals surface area contributed by atoms with Gasteiger partial charge < -0.3 is 10.5 Å². The number of hydrogen-bond acceptors (Lipinski definition) is 5. The number of nitrogens with two attached hydrogens (primary N) is 1. The van der Waals surface area contributed by atoms with Crippen molar-refractivity contribution in [1.29, 1.82) is 0 Å². The first-order valence-corrected chi connectivity index (χ1v) is 6.79. The highest BCUT2D eigenvalue weighted by atomic mass is 16.5. The first-order chi connectivity index (χ1) is 9.88. The standard InChI is InChI=1S/C15H18N4O/c16-9-14(13-5-6-17-11-18-13)19-7-8-20-15-4-2-1-3-12(15)10-19/h1-6,11,14H,7-10,16H2. The Morgan fingerprint density at radius 3 is 3.00 bits per heavy atom. The maximum atomic E-state index is 5.96. The molecule has 3 rings (SSSR count). The van der Waals surface area contributed by atoms with Crippen molar-refractivity contribution in [2.45, 2.75) is 12.6 Å². The Morgan fingerprint density at radius 2 is 2.20 bits per heavy atom. The molecule has 5 nitrogen and oxygen atoms in total. The van der Waals surface area contributed by atoms with E-state index in [1.54, 1.807) is 12.5 Å². The van der Waals surface area contributed by atoms with Gasteiger partial charge in [0.05, 0.1) is 11.7 Å². The molecule has 0 aliphatic carbocycles. The van der Waals surface area contributed by atoms with E-state index in [0.717, 1.165) is 24.5 Å². The average Bonchev–Trinajstić information content (AvgIpc) is 2.71. The van der Waals surface area contributed by atoms with Gasteiger partial charge in [-0.15, -0.1) is 0 Å². The summed E-state index contributed by atoms with van der Waals surface area (Å²) in [6.07, 6.45) is 3.33. The van der Waals surface area contributed by atoms with Crippen LogP contribution < -0.4 is 10.5 Å². The lowest BCUT2D eigenvalue weighted by molar-refractivity contribution is 0.170. The zero-order valence-corrected chi connectivity index (χ0v) is 11.3. The molecule has 2 N–H and O–H groups in total. The van der Waals surface area contributed by atoms with Gasteiger partial charge >= 0.3 is 0 Å². The van der Waals surface area contributed by atoms with Crippen LogP contribution in [0.5, 0.6) is 5.75 Å². The number of rotatable bonds is 3. The molecule has 20 heavy (non-hydrogen) atoms. The molecule has 1 aliphatic rings. The fraction of sp³-hybridized carbons (Fsp3) is 0.333. The summed E-state index contributed by atoms with van der Waals surface area (Å²) < 4.78 is 5.79. The summed E-state index contributed by atoms with van der Waals surface area (Å²) in [7, 11) is 0. The minimum Gasteiger partial charge on any atom is -0.492 e. The lowest BCUT2D eigenvalue weighted by atomic mass is 10.1. The molecule has 1 unspecified atom stereocenters. The van der Waals surface area contributed by atoms with E-state index in [2.05, 4.69) is 20.9 Å². The fourth-order valence-electron chi connectivity index (χ4n) is 2.57. The van der Waals surface area contributed by atoms with Crippen LogP contribution in [0, 0.1) is 0 Å². The first-order valence-electron chi connectivity index (χ1n) is 6.79. The number of benzene rings is 1. The fourth-order valence-corrected chi connectivity index (χ4v) is 2.57. The number of nitrogens with zero attached hydrogens (tertiary/aromatic N) is 3. The number of para-hydroxylation sites is 1. The zero-order chi connectivity index (χ0) is 13.8. The Kier molecular flexibility index (Phi) is 3.90. The molecule has 0 amide bonds. The molecule has 1 atom stereocenters. The minimum absolute atomic E-state index is 0.0905. The van der Waals surface area contributed by atoms with Gasteiger partial charge in [0.2, 0.25) is 0 Å². The Bertz CT molecular complexity index is 561. The number of fused-ring (bicyclic) bond motifs is 1. The van der Waals surface area contributed by atoms with Crippen LogP contribution in [0.15, 0.2) is 42.9 Å². The van der Waals surface area contributed by atoms with E-state index in [1.165, 1.54) is 5.56 Å². The largest absolute Gasteiger partial charge is 0.492 e. The lowest BCUT2D eigenvalue weighted by Crippen LogP contribution is -2.35. The predicted octanol–water partition coefficient (Wildman–Crippen LogP) is 1.37. The summed E-state index contributed by atoms with van der Waals surface area (Å²) in [6, 6.07) is 10.2. The highest BCUT2D eigenvalue weighted by molar-refractivity contribution is 5.34. The molecule has 5 heteroatoms. The number of hydrogen-bond donors (Lipinski definition) is 1. The second-order valence-corrected chi connectivity index (χ2v) is 4.81. The van der Waals surface area contributed by atoms with Crippen LogP contribution in [0.25, 0.3) is 0 Å². The van der Waals surface area contributed by atoms with Crippen LogP contribution >= 0.6 is 0 Å². The van der Waals surface area contributed by atoms with Gasteiger partial charge in [-0.2, -0.15) is 0 Å². The van der Waals surface area contributed by atoms with Crippen molar-refractivity contribution >= 4 is 0 Å². The molecule has 0 saturated carbocycles. The first kappa shape index (κ1) is 13.0. The molecule has 104 valence electrons. The molecule has 0 radical (unpaired) electrons. The molecule has 0 fully saturated rings. The molecule has 0 spiro atoms. The number of ether oxygens (including phenoxy) is 1. The van der Waals surface area contributed by atoms with Crippen LogP contribution in [0.2, 0.25) is 0 Å². The molecule has 0 bridgehead atoms. The molecule has 1 aliphatic heterocycles. The van der Waals surface area contributed by atoms with Gasteiger partial charge in [-0.05, 0) is 12.1 Å². The van der Waals surface area contributed by atoms with Crippen LogP contribution in [-0.2, 0) is 6.54 Å². The topological polar surface area (TPSA) is 64.3 Å². The third-order valence-corrected chi connectivity index (χ3v) is 3.59. The van der Waals surface area contributed by atoms with Gasteiger partial charge in [0, 0.05) is 31.4 Å². The Hall–Kier alpha value is -1.98. The van der Waals surface area contributed by atoms with Gasteiger partial charge in [0.1, 0.15) is 18.7 Å². The SMILES string of the molecule is NCC(c1ccncn1)N1CCOc2ccccc2C1. The van der Waals surface area contributed by atoms with E-state index in [0.29, 0.717) is 13.2 Å². The van der Waals surface area contributed by atoms with Gasteiger partial charge in [-0.25, -0.2) is 9.97 Å². The van der Waals surface area contributed by atoms with E-state index in [9.17, 15) is 0 Å². The summed E-state index contributed by atoms with van der Waals surface area (Å²) in [4.78, 5) is 10.6. The normalized spacial score (nSPS) is 16.9. The Balaban J connectivity index is 1.86. The van der Waals surface area contributed by atoms with Crippen molar-refractivity contribution in [2.24, 2.45) is 5.73 Å². The number of aromatic nitrogens is 2. The molecular formula is C15H18N4O. The zero-order valence-electron chi connectivity index (χ0n) is 11.3. The van der Waals surface area contributed by atoms with Crippen molar-refractivity contribution in [2.75, 3.05) is 19.7 Å². The highest BCUT2D eigenvalue weighted by Crippen LogP contribution is 2.27. The van der Waals surface area contributed by atoms with Crippen molar-refractivity contribution in [3.8, 4) is 5.75 Å². The van der Waals surface area contributed by atoms with E-state index in [-0.39, 0.29) is 6.04 Å². The van der Waals surface area contributed by atoms with Crippen molar-refractivity contribution < 1.29 is 4.74 Å². The van der Waals surface area contributed by atoms with E-state index < -0.39 is 0 Å². The maximum absolute atomic E-state index is 5.96. The predicted molar refractivity (Wildman–Crippen MR) is 76.2 cm³/mol. The second kappa shape index (κ2) is 5.98. The third-order valence-electron chi connectivity index (χ3n) is 3.59. The summed E-state index contributed by atoms with van der Waals surface area (Å²) in [5, 5.41) is 0. The second-order valence-electron chi connectivity index (χ2n) is 4.81. The minimum atomic E-state index is 0.0905. The van der Waals surface area contributed by atoms with Crippen LogP contribution in [-0.4, -0.2) is 34.6 Å². The van der Waals surface area contributed by atoms with Gasteiger partial charge in [-0.1, -0.05) is 18.2 Å². The van der Waals surface area contributed by atoms with Gasteiger partial charge in [-0.3, -0.25) is 4.90 Å². The summed E-state index contributed by atoms with van der Waals surface area (Å²) in [6.45, 7) is 2.85. The van der Waals surface area contributed by atoms with Crippen LogP contribution in [0.1, 0.15) is 17.3 Å². The molecule has 1 aromatic carbocycles. The molecular weight excluding hydrogens is 252 g/mol. The summed E-state index contributed by atoms with van der Waals surface area (Å²) in [5.74, 6) is 0.966. The van der Waals surface area contributed by atoms with E-state index in [4.69, 9.17) is 10.5 Å². The molecule has 1 aromatic heterocycles. The van der Waals surface area contributed by atoms with Gasteiger partial charge in [0.15, 0.2) is 0 Å². The van der Waals surface area contributed by atoms with Crippen LogP contribution in [0.3, 0.4) is 0 Å². The average molecular weight is 270 g/mol.